The summed E-state index contributed by atoms with van der Waals surface area (Å²) in [4.78, 5) is 30.8. The molecule has 1 saturated carbocycles. The number of hydrogen-bond acceptors (Lipinski definition) is 4. The fourth-order valence-electron chi connectivity index (χ4n) is 4.28. The van der Waals surface area contributed by atoms with Crippen molar-refractivity contribution in [3.05, 3.63) is 54.2 Å². The molecule has 3 heterocycles. The Morgan fingerprint density at radius 3 is 2.69 bits per heavy atom. The Labute approximate surface area is 152 Å². The molecular weight excluding hydrogens is 330 g/mol. The molecule has 2 aromatic heterocycles. The van der Waals surface area contributed by atoms with Gasteiger partial charge in [-0.25, -0.2) is 0 Å². The van der Waals surface area contributed by atoms with E-state index in [0.29, 0.717) is 18.7 Å². The summed E-state index contributed by atoms with van der Waals surface area (Å²) in [6.45, 7) is 0.644. The van der Waals surface area contributed by atoms with E-state index in [1.54, 1.807) is 24.5 Å². The third kappa shape index (κ3) is 3.23. The van der Waals surface area contributed by atoms with Crippen molar-refractivity contribution in [2.75, 3.05) is 0 Å². The average Bonchev–Trinajstić information content (AvgIpc) is 3.30. The van der Waals surface area contributed by atoms with Crippen molar-refractivity contribution in [1.82, 2.24) is 15.2 Å². The molecule has 2 aromatic rings. The molecule has 6 nitrogen and oxygen atoms in total. The number of hydrogen-bond donors (Lipinski definition) is 1. The summed E-state index contributed by atoms with van der Waals surface area (Å²) in [5.74, 6) is 0.424. The second-order valence-corrected chi connectivity index (χ2v) is 7.28. The van der Waals surface area contributed by atoms with Crippen LogP contribution in [0.15, 0.2) is 47.3 Å². The Morgan fingerprint density at radius 2 is 2.00 bits per heavy atom. The van der Waals surface area contributed by atoms with Crippen LogP contribution in [0.2, 0.25) is 0 Å². The minimum absolute atomic E-state index is 0.0632. The van der Waals surface area contributed by atoms with E-state index in [0.717, 1.165) is 37.7 Å². The number of carbonyl (C=O) groups excluding carboxylic acids is 2. The number of carbonyl (C=O) groups is 2. The lowest BCUT2D eigenvalue weighted by molar-refractivity contribution is -0.133. The van der Waals surface area contributed by atoms with Gasteiger partial charge in [-0.05, 0) is 61.9 Å². The highest BCUT2D eigenvalue weighted by Gasteiger charge is 2.47. The van der Waals surface area contributed by atoms with Gasteiger partial charge in [-0.3, -0.25) is 14.6 Å². The van der Waals surface area contributed by atoms with Crippen LogP contribution in [0, 0.1) is 0 Å². The van der Waals surface area contributed by atoms with Gasteiger partial charge in [0.05, 0.1) is 6.26 Å². The molecule has 0 atom stereocenters. The molecule has 2 aliphatic rings. The Bertz CT molecular complexity index is 765. The van der Waals surface area contributed by atoms with Crippen LogP contribution in [0.4, 0.5) is 0 Å². The van der Waals surface area contributed by atoms with Crippen LogP contribution >= 0.6 is 0 Å². The number of aromatic nitrogens is 1. The topological polar surface area (TPSA) is 75.4 Å². The summed E-state index contributed by atoms with van der Waals surface area (Å²) in [7, 11) is 0. The molecule has 0 bridgehead atoms. The highest BCUT2D eigenvalue weighted by molar-refractivity contribution is 5.91. The number of furan rings is 1. The van der Waals surface area contributed by atoms with Crippen molar-refractivity contribution in [2.45, 2.75) is 56.7 Å². The lowest BCUT2D eigenvalue weighted by atomic mass is 9.77. The maximum atomic E-state index is 12.5. The molecule has 1 aliphatic carbocycles. The normalized spacial score (nSPS) is 25.6. The number of pyridine rings is 1. The van der Waals surface area contributed by atoms with Crippen LogP contribution in [-0.4, -0.2) is 33.3 Å². The Balaban J connectivity index is 1.40. The van der Waals surface area contributed by atoms with Crippen molar-refractivity contribution in [3.63, 3.8) is 0 Å². The summed E-state index contributed by atoms with van der Waals surface area (Å²) in [5.41, 5.74) is 1.05. The molecule has 1 saturated heterocycles. The summed E-state index contributed by atoms with van der Waals surface area (Å²) in [6, 6.07) is 7.46. The van der Waals surface area contributed by atoms with E-state index in [4.69, 9.17) is 4.42 Å². The monoisotopic (exact) mass is 353 g/mol. The van der Waals surface area contributed by atoms with Gasteiger partial charge in [0, 0.05) is 36.9 Å². The molecule has 2 amide bonds. The van der Waals surface area contributed by atoms with Crippen molar-refractivity contribution >= 4 is 11.8 Å². The van der Waals surface area contributed by atoms with Gasteiger partial charge in [0.1, 0.15) is 0 Å². The summed E-state index contributed by atoms with van der Waals surface area (Å²) in [5, 5.41) is 3.06. The third-order valence-electron chi connectivity index (χ3n) is 5.76. The number of rotatable bonds is 4. The summed E-state index contributed by atoms with van der Waals surface area (Å²) >= 11 is 0. The van der Waals surface area contributed by atoms with Crippen molar-refractivity contribution in [1.29, 1.82) is 0 Å². The largest absolute Gasteiger partial charge is 0.459 e. The molecule has 2 fully saturated rings. The van der Waals surface area contributed by atoms with E-state index in [9.17, 15) is 9.59 Å². The highest BCUT2D eigenvalue weighted by atomic mass is 16.3. The zero-order valence-corrected chi connectivity index (χ0v) is 14.7. The van der Waals surface area contributed by atoms with Crippen LogP contribution in [0.5, 0.6) is 0 Å². The van der Waals surface area contributed by atoms with Gasteiger partial charge in [-0.1, -0.05) is 0 Å². The van der Waals surface area contributed by atoms with E-state index < -0.39 is 0 Å². The minimum Gasteiger partial charge on any atom is -0.459 e. The van der Waals surface area contributed by atoms with Crippen LogP contribution in [0.25, 0.3) is 0 Å². The van der Waals surface area contributed by atoms with Crippen molar-refractivity contribution < 1.29 is 14.0 Å². The lowest BCUT2D eigenvalue weighted by Crippen LogP contribution is -2.50. The second kappa shape index (κ2) is 6.94. The quantitative estimate of drug-likeness (QED) is 0.917. The standard InChI is InChI=1S/C20H23N3O3/c24-18-5-10-20(23(18)14-15-6-11-21-12-7-15)8-3-16(4-9-20)22-19(25)17-2-1-13-26-17/h1-2,6-7,11-13,16H,3-5,8-10,14H2,(H,22,25). The fraction of sp³-hybridized carbons (Fsp3) is 0.450. The second-order valence-electron chi connectivity index (χ2n) is 7.28. The minimum atomic E-state index is -0.160. The molecule has 1 N–H and O–H groups in total. The van der Waals surface area contributed by atoms with Crippen LogP contribution in [0.3, 0.4) is 0 Å². The van der Waals surface area contributed by atoms with E-state index in [1.165, 1.54) is 6.26 Å². The molecule has 6 heteroatoms. The van der Waals surface area contributed by atoms with Gasteiger partial charge >= 0.3 is 0 Å². The predicted octanol–water partition coefficient (Wildman–Crippen LogP) is 2.91. The number of amides is 2. The Morgan fingerprint density at radius 1 is 1.23 bits per heavy atom. The third-order valence-corrected chi connectivity index (χ3v) is 5.76. The maximum Gasteiger partial charge on any atom is 0.287 e. The van der Waals surface area contributed by atoms with Crippen LogP contribution in [0.1, 0.15) is 54.6 Å². The first-order valence-corrected chi connectivity index (χ1v) is 9.20. The molecule has 4 rings (SSSR count). The van der Waals surface area contributed by atoms with Gasteiger partial charge in [-0.2, -0.15) is 0 Å². The van der Waals surface area contributed by atoms with Crippen LogP contribution < -0.4 is 5.32 Å². The molecule has 0 radical (unpaired) electrons. The summed E-state index contributed by atoms with van der Waals surface area (Å²) < 4.78 is 5.16. The summed E-state index contributed by atoms with van der Waals surface area (Å²) in [6.07, 6.45) is 10.2. The molecule has 136 valence electrons. The fourth-order valence-corrected chi connectivity index (χ4v) is 4.28. The molecule has 1 aliphatic heterocycles. The van der Waals surface area contributed by atoms with Gasteiger partial charge in [-0.15, -0.1) is 0 Å². The average molecular weight is 353 g/mol. The van der Waals surface area contributed by atoms with E-state index in [-0.39, 0.29) is 23.4 Å². The van der Waals surface area contributed by atoms with E-state index in [2.05, 4.69) is 15.2 Å². The highest BCUT2D eigenvalue weighted by Crippen LogP contribution is 2.43. The van der Waals surface area contributed by atoms with Crippen molar-refractivity contribution in [3.8, 4) is 0 Å². The molecule has 26 heavy (non-hydrogen) atoms. The zero-order valence-electron chi connectivity index (χ0n) is 14.7. The van der Waals surface area contributed by atoms with E-state index >= 15 is 0 Å². The molecule has 0 aromatic carbocycles. The van der Waals surface area contributed by atoms with Gasteiger partial charge in [0.25, 0.3) is 5.91 Å². The maximum absolute atomic E-state index is 12.5. The van der Waals surface area contributed by atoms with Gasteiger partial charge < -0.3 is 14.6 Å². The van der Waals surface area contributed by atoms with Crippen LogP contribution in [-0.2, 0) is 11.3 Å². The Hall–Kier alpha value is -2.63. The Kier molecular flexibility index (Phi) is 4.49. The smallest absolute Gasteiger partial charge is 0.287 e. The van der Waals surface area contributed by atoms with Gasteiger partial charge in [0.2, 0.25) is 5.91 Å². The van der Waals surface area contributed by atoms with E-state index in [1.807, 2.05) is 12.1 Å². The molecule has 0 unspecified atom stereocenters. The lowest BCUT2D eigenvalue weighted by Gasteiger charge is -2.44. The van der Waals surface area contributed by atoms with Gasteiger partial charge in [0.15, 0.2) is 5.76 Å². The number of nitrogens with zero attached hydrogens (tertiary/aromatic N) is 2. The first-order chi connectivity index (χ1) is 12.7. The van der Waals surface area contributed by atoms with Crippen molar-refractivity contribution in [2.24, 2.45) is 0 Å². The molecular formula is C20H23N3O3. The number of nitrogens with one attached hydrogen (secondary N) is 1. The zero-order chi connectivity index (χ0) is 18.0. The predicted molar refractivity (Wildman–Crippen MR) is 95.2 cm³/mol. The molecule has 1 spiro atoms. The first-order valence-electron chi connectivity index (χ1n) is 9.20. The number of likely N-dealkylation sites (tertiary alicyclic amines) is 1. The first kappa shape index (κ1) is 16.8. The SMILES string of the molecule is O=C(NC1CCC2(CCC(=O)N2Cc2ccncc2)CC1)c1ccco1.